The first-order chi connectivity index (χ1) is 10.6. The van der Waals surface area contributed by atoms with Gasteiger partial charge in [-0.1, -0.05) is 20.3 Å². The predicted molar refractivity (Wildman–Crippen MR) is 90.1 cm³/mol. The normalized spacial score (nSPS) is 11.6. The molecule has 0 fully saturated rings. The van der Waals surface area contributed by atoms with E-state index < -0.39 is 0 Å². The Morgan fingerprint density at radius 2 is 1.82 bits per heavy atom. The maximum Gasteiger partial charge on any atom is 0.251 e. The molecule has 5 nitrogen and oxygen atoms in total. The summed E-state index contributed by atoms with van der Waals surface area (Å²) in [5.74, 6) is -0.0924. The Balaban J connectivity index is 2.41. The second-order valence-corrected chi connectivity index (χ2v) is 5.42. The Bertz CT molecular complexity index is 471. The predicted octanol–water partition coefficient (Wildman–Crippen LogP) is 2.54. The highest BCUT2D eigenvalue weighted by Gasteiger charge is 2.08. The molecule has 5 heteroatoms. The van der Waals surface area contributed by atoms with Crippen molar-refractivity contribution in [3.8, 4) is 0 Å². The molecule has 22 heavy (non-hydrogen) atoms. The molecular formula is C17H27N3O2. The van der Waals surface area contributed by atoms with Crippen molar-refractivity contribution >= 4 is 17.5 Å². The molecule has 122 valence electrons. The summed E-state index contributed by atoms with van der Waals surface area (Å²) in [7, 11) is 0. The van der Waals surface area contributed by atoms with Crippen LogP contribution in [-0.4, -0.2) is 30.9 Å². The summed E-state index contributed by atoms with van der Waals surface area (Å²) in [6, 6.07) is 7.30. The van der Waals surface area contributed by atoms with E-state index >= 15 is 0 Å². The first-order valence-electron chi connectivity index (χ1n) is 7.98. The molecule has 0 aliphatic rings. The van der Waals surface area contributed by atoms with Crippen LogP contribution in [0.1, 0.15) is 50.4 Å². The number of carbonyl (C=O) groups excluding carboxylic acids is 2. The minimum absolute atomic E-state index is 0.0213. The molecule has 1 aromatic rings. The van der Waals surface area contributed by atoms with Crippen LogP contribution in [0.5, 0.6) is 0 Å². The molecule has 1 rings (SSSR count). The van der Waals surface area contributed by atoms with Crippen molar-refractivity contribution in [1.82, 2.24) is 10.6 Å². The van der Waals surface area contributed by atoms with E-state index in [1.165, 1.54) is 0 Å². The van der Waals surface area contributed by atoms with E-state index in [-0.39, 0.29) is 24.4 Å². The number of benzene rings is 1. The van der Waals surface area contributed by atoms with E-state index in [2.05, 4.69) is 22.9 Å². The highest BCUT2D eigenvalue weighted by Crippen LogP contribution is 2.09. The Morgan fingerprint density at radius 1 is 1.14 bits per heavy atom. The average Bonchev–Trinajstić information content (AvgIpc) is 2.53. The lowest BCUT2D eigenvalue weighted by Gasteiger charge is -2.12. The zero-order valence-electron chi connectivity index (χ0n) is 13.7. The van der Waals surface area contributed by atoms with Crippen LogP contribution >= 0.6 is 0 Å². The number of rotatable bonds is 9. The van der Waals surface area contributed by atoms with Crippen LogP contribution in [0.15, 0.2) is 24.3 Å². The van der Waals surface area contributed by atoms with Crippen LogP contribution in [0, 0.1) is 0 Å². The van der Waals surface area contributed by atoms with Crippen LogP contribution < -0.4 is 16.0 Å². The third-order valence-electron chi connectivity index (χ3n) is 3.44. The summed E-state index contributed by atoms with van der Waals surface area (Å²) in [6.45, 7) is 7.05. The van der Waals surface area contributed by atoms with Crippen LogP contribution in [0.3, 0.4) is 0 Å². The van der Waals surface area contributed by atoms with E-state index in [9.17, 15) is 9.59 Å². The summed E-state index contributed by atoms with van der Waals surface area (Å²) < 4.78 is 0. The Labute approximate surface area is 132 Å². The topological polar surface area (TPSA) is 70.2 Å². The van der Waals surface area contributed by atoms with E-state index in [0.29, 0.717) is 12.1 Å². The van der Waals surface area contributed by atoms with E-state index in [1.807, 2.05) is 26.0 Å². The van der Waals surface area contributed by atoms with Gasteiger partial charge in [-0.15, -0.1) is 0 Å². The zero-order valence-corrected chi connectivity index (χ0v) is 13.7. The van der Waals surface area contributed by atoms with Gasteiger partial charge in [-0.3, -0.25) is 9.59 Å². The lowest BCUT2D eigenvalue weighted by atomic mass is 10.1. The van der Waals surface area contributed by atoms with Gasteiger partial charge in [0.25, 0.3) is 5.91 Å². The molecule has 1 atom stereocenters. The Hall–Kier alpha value is -2.04. The van der Waals surface area contributed by atoms with Crippen molar-refractivity contribution in [3.63, 3.8) is 0 Å². The number of nitrogens with one attached hydrogen (secondary N) is 3. The SMILES string of the molecule is CCCCNC(=O)CNc1ccc(C(=O)NC(C)CC)cc1. The summed E-state index contributed by atoms with van der Waals surface area (Å²) in [4.78, 5) is 23.5. The molecule has 3 N–H and O–H groups in total. The fourth-order valence-electron chi connectivity index (χ4n) is 1.80. The molecule has 1 aromatic carbocycles. The van der Waals surface area contributed by atoms with Gasteiger partial charge in [0.1, 0.15) is 0 Å². The molecule has 0 bridgehead atoms. The minimum Gasteiger partial charge on any atom is -0.376 e. The maximum atomic E-state index is 11.9. The van der Waals surface area contributed by atoms with Crippen molar-refractivity contribution in [2.24, 2.45) is 0 Å². The third kappa shape index (κ3) is 6.61. The highest BCUT2D eigenvalue weighted by atomic mass is 16.2. The lowest BCUT2D eigenvalue weighted by molar-refractivity contribution is -0.119. The van der Waals surface area contributed by atoms with Crippen LogP contribution in [0.4, 0.5) is 5.69 Å². The summed E-state index contributed by atoms with van der Waals surface area (Å²) in [5.41, 5.74) is 1.45. The van der Waals surface area contributed by atoms with Crippen molar-refractivity contribution < 1.29 is 9.59 Å². The van der Waals surface area contributed by atoms with Crippen LogP contribution in [0.2, 0.25) is 0 Å². The van der Waals surface area contributed by atoms with Gasteiger partial charge in [-0.05, 0) is 44.0 Å². The summed E-state index contributed by atoms with van der Waals surface area (Å²) in [6.07, 6.45) is 2.96. The second kappa shape index (κ2) is 9.82. The monoisotopic (exact) mass is 305 g/mol. The number of hydrogen-bond donors (Lipinski definition) is 3. The van der Waals surface area contributed by atoms with Crippen LogP contribution in [0.25, 0.3) is 0 Å². The first-order valence-corrected chi connectivity index (χ1v) is 7.98. The van der Waals surface area contributed by atoms with E-state index in [1.54, 1.807) is 12.1 Å². The first kappa shape index (κ1) is 18.0. The molecule has 0 saturated heterocycles. The molecule has 0 saturated carbocycles. The number of carbonyl (C=O) groups is 2. The molecular weight excluding hydrogens is 278 g/mol. The van der Waals surface area contributed by atoms with Gasteiger partial charge >= 0.3 is 0 Å². The van der Waals surface area contributed by atoms with Crippen LogP contribution in [-0.2, 0) is 4.79 Å². The quantitative estimate of drug-likeness (QED) is 0.614. The third-order valence-corrected chi connectivity index (χ3v) is 3.44. The zero-order chi connectivity index (χ0) is 16.4. The molecule has 1 unspecified atom stereocenters. The largest absolute Gasteiger partial charge is 0.376 e. The average molecular weight is 305 g/mol. The van der Waals surface area contributed by atoms with Gasteiger partial charge in [0.2, 0.25) is 5.91 Å². The Kier molecular flexibility index (Phi) is 8.04. The smallest absolute Gasteiger partial charge is 0.251 e. The molecule has 0 aliphatic carbocycles. The molecule has 0 spiro atoms. The molecule has 0 aromatic heterocycles. The number of unbranched alkanes of at least 4 members (excludes halogenated alkanes) is 1. The Morgan fingerprint density at radius 3 is 2.41 bits per heavy atom. The van der Waals surface area contributed by atoms with Gasteiger partial charge in [0.05, 0.1) is 6.54 Å². The van der Waals surface area contributed by atoms with Gasteiger partial charge < -0.3 is 16.0 Å². The summed E-state index contributed by atoms with van der Waals surface area (Å²) >= 11 is 0. The van der Waals surface area contributed by atoms with Gasteiger partial charge in [-0.2, -0.15) is 0 Å². The van der Waals surface area contributed by atoms with Crippen molar-refractivity contribution in [2.45, 2.75) is 46.1 Å². The van der Waals surface area contributed by atoms with Crippen molar-refractivity contribution in [3.05, 3.63) is 29.8 Å². The standard InChI is InChI=1S/C17H27N3O2/c1-4-6-11-18-16(21)12-19-15-9-7-14(8-10-15)17(22)20-13(3)5-2/h7-10,13,19H,4-6,11-12H2,1-3H3,(H,18,21)(H,20,22). The molecule has 0 aliphatic heterocycles. The minimum atomic E-state index is -0.0711. The number of amides is 2. The van der Waals surface area contributed by atoms with Gasteiger partial charge in [0.15, 0.2) is 0 Å². The van der Waals surface area contributed by atoms with Crippen molar-refractivity contribution in [2.75, 3.05) is 18.4 Å². The highest BCUT2D eigenvalue weighted by molar-refractivity contribution is 5.94. The maximum absolute atomic E-state index is 11.9. The molecule has 0 radical (unpaired) electrons. The summed E-state index contributed by atoms with van der Waals surface area (Å²) in [5, 5.41) is 8.81. The number of hydrogen-bond acceptors (Lipinski definition) is 3. The van der Waals surface area contributed by atoms with E-state index in [4.69, 9.17) is 0 Å². The molecule has 0 heterocycles. The fraction of sp³-hybridized carbons (Fsp3) is 0.529. The second-order valence-electron chi connectivity index (χ2n) is 5.42. The molecule has 2 amide bonds. The lowest BCUT2D eigenvalue weighted by Crippen LogP contribution is -2.32. The van der Waals surface area contributed by atoms with Crippen molar-refractivity contribution in [1.29, 1.82) is 0 Å². The van der Waals surface area contributed by atoms with Gasteiger partial charge in [0, 0.05) is 23.8 Å². The fourth-order valence-corrected chi connectivity index (χ4v) is 1.80. The number of anilines is 1. The van der Waals surface area contributed by atoms with E-state index in [0.717, 1.165) is 24.9 Å². The van der Waals surface area contributed by atoms with Gasteiger partial charge in [-0.25, -0.2) is 0 Å².